The number of phenolic OH excluding ortho intramolecular Hbond substituents is 4. The van der Waals surface area contributed by atoms with E-state index in [1.54, 1.807) is 0 Å². The first kappa shape index (κ1) is 14.2. The molecule has 108 valence electrons. The molecule has 2 rings (SSSR count). The zero-order valence-electron chi connectivity index (χ0n) is 10.5. The van der Waals surface area contributed by atoms with E-state index in [1.807, 2.05) is 0 Å². The number of aromatic hydroxyl groups is 4. The highest BCUT2D eigenvalue weighted by atomic mass is 16.6. The molecule has 2 aromatic rings. The number of ether oxygens (including phenoxy) is 1. The fourth-order valence-electron chi connectivity index (χ4n) is 1.66. The molecule has 0 saturated heterocycles. The van der Waals surface area contributed by atoms with Crippen molar-refractivity contribution in [1.29, 1.82) is 0 Å². The Kier molecular flexibility index (Phi) is 3.66. The number of benzene rings is 2. The molecule has 0 aliphatic carbocycles. The van der Waals surface area contributed by atoms with Gasteiger partial charge in [0.15, 0.2) is 0 Å². The number of hydrogen-bond acceptors (Lipinski definition) is 7. The Morgan fingerprint density at radius 3 is 1.24 bits per heavy atom. The van der Waals surface area contributed by atoms with Gasteiger partial charge in [-0.25, -0.2) is 9.59 Å². The lowest BCUT2D eigenvalue weighted by Crippen LogP contribution is -2.13. The van der Waals surface area contributed by atoms with Gasteiger partial charge in [-0.3, -0.25) is 0 Å². The van der Waals surface area contributed by atoms with Gasteiger partial charge in [-0.15, -0.1) is 0 Å². The molecule has 0 saturated carbocycles. The molecule has 0 aliphatic heterocycles. The molecule has 0 spiro atoms. The maximum absolute atomic E-state index is 11.8. The Labute approximate surface area is 118 Å². The normalized spacial score (nSPS) is 10.1. The Morgan fingerprint density at radius 2 is 0.952 bits per heavy atom. The Bertz CT molecular complexity index is 619. The van der Waals surface area contributed by atoms with Crippen molar-refractivity contribution >= 4 is 11.9 Å². The number of esters is 2. The van der Waals surface area contributed by atoms with E-state index < -0.39 is 46.1 Å². The zero-order chi connectivity index (χ0) is 15.6. The van der Waals surface area contributed by atoms with Crippen LogP contribution in [0.5, 0.6) is 23.0 Å². The van der Waals surface area contributed by atoms with Gasteiger partial charge in [0.2, 0.25) is 0 Å². The predicted octanol–water partition coefficient (Wildman–Crippen LogP) is 1.51. The lowest BCUT2D eigenvalue weighted by atomic mass is 10.1. The molecule has 2 aromatic carbocycles. The second-order valence-electron chi connectivity index (χ2n) is 4.02. The Hall–Kier alpha value is -3.22. The highest BCUT2D eigenvalue weighted by Gasteiger charge is 2.25. The summed E-state index contributed by atoms with van der Waals surface area (Å²) < 4.78 is 4.43. The van der Waals surface area contributed by atoms with Gasteiger partial charge >= 0.3 is 11.9 Å². The molecule has 4 N–H and O–H groups in total. The van der Waals surface area contributed by atoms with Gasteiger partial charge in [-0.05, 0) is 24.3 Å². The van der Waals surface area contributed by atoms with E-state index in [2.05, 4.69) is 4.74 Å². The molecular weight excluding hydrogens is 280 g/mol. The van der Waals surface area contributed by atoms with Crippen LogP contribution in [0, 0.1) is 0 Å². The van der Waals surface area contributed by atoms with Crippen LogP contribution in [0.1, 0.15) is 20.7 Å². The third kappa shape index (κ3) is 2.71. The minimum atomic E-state index is -1.32. The van der Waals surface area contributed by atoms with Crippen molar-refractivity contribution in [2.45, 2.75) is 0 Å². The Balaban J connectivity index is 2.30. The molecule has 0 unspecified atom stereocenters. The molecule has 0 aromatic heterocycles. The molecule has 0 atom stereocenters. The maximum atomic E-state index is 11.8. The van der Waals surface area contributed by atoms with Crippen molar-refractivity contribution in [3.8, 4) is 23.0 Å². The predicted molar refractivity (Wildman–Crippen MR) is 69.3 cm³/mol. The molecule has 0 fully saturated rings. The molecule has 7 nitrogen and oxygen atoms in total. The number of carbonyl (C=O) groups is 2. The fraction of sp³-hybridized carbons (Fsp3) is 0. The van der Waals surface area contributed by atoms with E-state index in [4.69, 9.17) is 0 Å². The maximum Gasteiger partial charge on any atom is 0.353 e. The number of carbonyl (C=O) groups excluding carboxylic acids is 2. The zero-order valence-corrected chi connectivity index (χ0v) is 10.5. The molecule has 0 radical (unpaired) electrons. The van der Waals surface area contributed by atoms with Gasteiger partial charge in [0.1, 0.15) is 34.1 Å². The molecule has 0 bridgehead atoms. The smallest absolute Gasteiger partial charge is 0.353 e. The largest absolute Gasteiger partial charge is 0.507 e. The van der Waals surface area contributed by atoms with Crippen LogP contribution in [0.4, 0.5) is 0 Å². The van der Waals surface area contributed by atoms with Crippen LogP contribution in [-0.2, 0) is 4.74 Å². The summed E-state index contributed by atoms with van der Waals surface area (Å²) in [6, 6.07) is 7.07. The Morgan fingerprint density at radius 1 is 0.667 bits per heavy atom. The molecular formula is C14H10O7. The highest BCUT2D eigenvalue weighted by Crippen LogP contribution is 2.30. The molecule has 0 heterocycles. The van der Waals surface area contributed by atoms with Crippen molar-refractivity contribution in [3.63, 3.8) is 0 Å². The number of rotatable bonds is 2. The summed E-state index contributed by atoms with van der Waals surface area (Å²) in [6.45, 7) is 0. The van der Waals surface area contributed by atoms with E-state index in [9.17, 15) is 30.0 Å². The first-order chi connectivity index (χ1) is 9.91. The molecule has 21 heavy (non-hydrogen) atoms. The summed E-state index contributed by atoms with van der Waals surface area (Å²) in [6.07, 6.45) is 0. The summed E-state index contributed by atoms with van der Waals surface area (Å²) in [5, 5.41) is 37.9. The van der Waals surface area contributed by atoms with Crippen LogP contribution in [0.3, 0.4) is 0 Å². The SMILES string of the molecule is O=C(OC(=O)c1c(O)cccc1O)c1c(O)cccc1O. The first-order valence-corrected chi connectivity index (χ1v) is 5.70. The van der Waals surface area contributed by atoms with E-state index in [0.29, 0.717) is 0 Å². The monoisotopic (exact) mass is 290 g/mol. The molecule has 0 amide bonds. The standard InChI is InChI=1S/C14H10O7/c15-7-3-1-4-8(16)11(7)13(19)21-14(20)12-9(17)5-2-6-10(12)18/h1-6,15-18H. The van der Waals surface area contributed by atoms with Gasteiger partial charge in [0.05, 0.1) is 0 Å². The minimum Gasteiger partial charge on any atom is -0.507 e. The second-order valence-corrected chi connectivity index (χ2v) is 4.02. The van der Waals surface area contributed by atoms with Gasteiger partial charge in [-0.2, -0.15) is 0 Å². The van der Waals surface area contributed by atoms with Crippen molar-refractivity contribution < 1.29 is 34.8 Å². The van der Waals surface area contributed by atoms with Crippen molar-refractivity contribution in [3.05, 3.63) is 47.5 Å². The van der Waals surface area contributed by atoms with E-state index >= 15 is 0 Å². The summed E-state index contributed by atoms with van der Waals surface area (Å²) >= 11 is 0. The van der Waals surface area contributed by atoms with Crippen molar-refractivity contribution in [2.75, 3.05) is 0 Å². The summed E-state index contributed by atoms with van der Waals surface area (Å²) in [4.78, 5) is 23.5. The summed E-state index contributed by atoms with van der Waals surface area (Å²) in [7, 11) is 0. The van der Waals surface area contributed by atoms with E-state index in [1.165, 1.54) is 12.1 Å². The van der Waals surface area contributed by atoms with Crippen LogP contribution in [0.25, 0.3) is 0 Å². The molecule has 7 heteroatoms. The van der Waals surface area contributed by atoms with Crippen LogP contribution in [0.15, 0.2) is 36.4 Å². The fourth-order valence-corrected chi connectivity index (χ4v) is 1.66. The number of phenols is 4. The minimum absolute atomic E-state index is 0.575. The summed E-state index contributed by atoms with van der Waals surface area (Å²) in [5.74, 6) is -4.94. The van der Waals surface area contributed by atoms with E-state index in [-0.39, 0.29) is 0 Å². The van der Waals surface area contributed by atoms with Crippen molar-refractivity contribution in [2.24, 2.45) is 0 Å². The average molecular weight is 290 g/mol. The third-order valence-electron chi connectivity index (χ3n) is 2.63. The van der Waals surface area contributed by atoms with Gasteiger partial charge < -0.3 is 25.2 Å². The van der Waals surface area contributed by atoms with Gasteiger partial charge in [0.25, 0.3) is 0 Å². The van der Waals surface area contributed by atoms with Crippen LogP contribution >= 0.6 is 0 Å². The van der Waals surface area contributed by atoms with Crippen LogP contribution < -0.4 is 0 Å². The lowest BCUT2D eigenvalue weighted by molar-refractivity contribution is 0.0391. The van der Waals surface area contributed by atoms with Crippen LogP contribution in [0.2, 0.25) is 0 Å². The van der Waals surface area contributed by atoms with Gasteiger partial charge in [0, 0.05) is 0 Å². The van der Waals surface area contributed by atoms with Gasteiger partial charge in [-0.1, -0.05) is 12.1 Å². The quantitative estimate of drug-likeness (QED) is 0.488. The molecule has 0 aliphatic rings. The highest BCUT2D eigenvalue weighted by molar-refractivity contribution is 6.07. The second kappa shape index (κ2) is 5.41. The van der Waals surface area contributed by atoms with Crippen molar-refractivity contribution in [1.82, 2.24) is 0 Å². The van der Waals surface area contributed by atoms with Crippen LogP contribution in [-0.4, -0.2) is 32.4 Å². The lowest BCUT2D eigenvalue weighted by Gasteiger charge is -2.08. The summed E-state index contributed by atoms with van der Waals surface area (Å²) in [5.41, 5.74) is -1.19. The van der Waals surface area contributed by atoms with E-state index in [0.717, 1.165) is 24.3 Å². The number of hydrogen-bond donors (Lipinski definition) is 4. The third-order valence-corrected chi connectivity index (χ3v) is 2.63. The first-order valence-electron chi connectivity index (χ1n) is 5.70. The average Bonchev–Trinajstić information content (AvgIpc) is 2.38. The topological polar surface area (TPSA) is 124 Å².